The number of fused-ring (bicyclic) bond motifs is 1. The highest BCUT2D eigenvalue weighted by Gasteiger charge is 2.16. The molecular weight excluding hydrogens is 166 g/mol. The number of nitrogens with zero attached hydrogens (tertiary/aromatic N) is 1. The minimum atomic E-state index is -0.311. The van der Waals surface area contributed by atoms with E-state index in [-0.39, 0.29) is 5.91 Å². The second kappa shape index (κ2) is 2.81. The molecule has 0 bridgehead atoms. The van der Waals surface area contributed by atoms with Crippen LogP contribution in [0.2, 0.25) is 0 Å². The fourth-order valence-corrected chi connectivity index (χ4v) is 1.25. The SMILES string of the molecule is O=C=C1C=NC(=O)c2ccccc21. The average Bonchev–Trinajstić information content (AvgIpc) is 2.19. The van der Waals surface area contributed by atoms with Gasteiger partial charge >= 0.3 is 0 Å². The average molecular weight is 171 g/mol. The number of hydrogen-bond acceptors (Lipinski definition) is 2. The van der Waals surface area contributed by atoms with E-state index in [1.165, 1.54) is 6.21 Å². The Morgan fingerprint density at radius 3 is 2.54 bits per heavy atom. The molecule has 1 aliphatic rings. The van der Waals surface area contributed by atoms with E-state index >= 15 is 0 Å². The lowest BCUT2D eigenvalue weighted by Gasteiger charge is -2.07. The smallest absolute Gasteiger partial charge is 0.267 e. The minimum Gasteiger partial charge on any atom is -0.267 e. The van der Waals surface area contributed by atoms with Gasteiger partial charge in [0.2, 0.25) is 0 Å². The first kappa shape index (κ1) is 7.65. The zero-order chi connectivity index (χ0) is 9.26. The molecule has 0 spiro atoms. The van der Waals surface area contributed by atoms with Gasteiger partial charge in [-0.05, 0) is 6.07 Å². The normalized spacial score (nSPS) is 13.8. The van der Waals surface area contributed by atoms with E-state index in [0.717, 1.165) is 0 Å². The minimum absolute atomic E-state index is 0.311. The third-order valence-electron chi connectivity index (χ3n) is 1.87. The summed E-state index contributed by atoms with van der Waals surface area (Å²) in [6.07, 6.45) is 1.25. The molecule has 0 N–H and O–H groups in total. The summed E-state index contributed by atoms with van der Waals surface area (Å²) in [5, 5.41) is 0. The summed E-state index contributed by atoms with van der Waals surface area (Å²) >= 11 is 0. The fourth-order valence-electron chi connectivity index (χ4n) is 1.25. The molecule has 0 radical (unpaired) electrons. The maximum atomic E-state index is 11.2. The van der Waals surface area contributed by atoms with E-state index in [2.05, 4.69) is 4.99 Å². The van der Waals surface area contributed by atoms with Gasteiger partial charge in [-0.1, -0.05) is 18.2 Å². The molecule has 1 aliphatic heterocycles. The number of benzene rings is 1. The Labute approximate surface area is 74.4 Å². The summed E-state index contributed by atoms with van der Waals surface area (Å²) in [5.41, 5.74) is 1.40. The van der Waals surface area contributed by atoms with Crippen molar-refractivity contribution in [3.63, 3.8) is 0 Å². The summed E-state index contributed by atoms with van der Waals surface area (Å²) < 4.78 is 0. The predicted octanol–water partition coefficient (Wildman–Crippen LogP) is 1.13. The van der Waals surface area contributed by atoms with Gasteiger partial charge in [0, 0.05) is 5.56 Å². The van der Waals surface area contributed by atoms with Crippen molar-refractivity contribution < 1.29 is 9.59 Å². The Morgan fingerprint density at radius 1 is 1.15 bits per heavy atom. The number of carbonyl (C=O) groups excluding carboxylic acids is 2. The first-order chi connectivity index (χ1) is 6.33. The molecular formula is C10H5NO2. The van der Waals surface area contributed by atoms with E-state index < -0.39 is 0 Å². The van der Waals surface area contributed by atoms with Gasteiger partial charge in [-0.3, -0.25) is 4.79 Å². The molecule has 62 valence electrons. The lowest BCUT2D eigenvalue weighted by Crippen LogP contribution is -2.07. The monoisotopic (exact) mass is 171 g/mol. The van der Waals surface area contributed by atoms with Gasteiger partial charge in [0.05, 0.1) is 17.4 Å². The molecule has 1 aromatic rings. The molecule has 1 amide bonds. The maximum Gasteiger partial charge on any atom is 0.277 e. The maximum absolute atomic E-state index is 11.2. The summed E-state index contributed by atoms with van der Waals surface area (Å²) in [6, 6.07) is 6.85. The lowest BCUT2D eigenvalue weighted by molar-refractivity contribution is 0.100. The van der Waals surface area contributed by atoms with Crippen LogP contribution in [0, 0.1) is 0 Å². The Hall–Kier alpha value is -1.99. The first-order valence-corrected chi connectivity index (χ1v) is 3.76. The Balaban J connectivity index is 2.75. The van der Waals surface area contributed by atoms with Crippen molar-refractivity contribution >= 4 is 23.6 Å². The Morgan fingerprint density at radius 2 is 1.85 bits per heavy atom. The Bertz CT molecular complexity index is 454. The van der Waals surface area contributed by atoms with Crippen LogP contribution in [-0.2, 0) is 4.79 Å². The van der Waals surface area contributed by atoms with Crippen LogP contribution in [0.4, 0.5) is 0 Å². The second-order valence-electron chi connectivity index (χ2n) is 2.62. The highest BCUT2D eigenvalue weighted by Crippen LogP contribution is 2.20. The van der Waals surface area contributed by atoms with Crippen LogP contribution >= 0.6 is 0 Å². The van der Waals surface area contributed by atoms with E-state index in [1.807, 2.05) is 0 Å². The van der Waals surface area contributed by atoms with E-state index in [4.69, 9.17) is 0 Å². The van der Waals surface area contributed by atoms with E-state index in [1.54, 1.807) is 30.2 Å². The summed E-state index contributed by atoms with van der Waals surface area (Å²) in [7, 11) is 0. The Kier molecular flexibility index (Phi) is 1.65. The van der Waals surface area contributed by atoms with Crippen molar-refractivity contribution in [2.75, 3.05) is 0 Å². The number of carbonyl (C=O) groups is 1. The topological polar surface area (TPSA) is 46.5 Å². The van der Waals surface area contributed by atoms with Crippen LogP contribution < -0.4 is 0 Å². The standard InChI is InChI=1S/C10H5NO2/c12-6-7-5-11-10(13)9-4-2-1-3-8(7)9/h1-5H. The largest absolute Gasteiger partial charge is 0.277 e. The van der Waals surface area contributed by atoms with Crippen LogP contribution in [0.3, 0.4) is 0 Å². The molecule has 1 heterocycles. The van der Waals surface area contributed by atoms with Crippen LogP contribution in [-0.4, -0.2) is 18.1 Å². The fraction of sp³-hybridized carbons (Fsp3) is 0. The van der Waals surface area contributed by atoms with Gasteiger partial charge in [0.1, 0.15) is 5.94 Å². The van der Waals surface area contributed by atoms with Crippen LogP contribution in [0.15, 0.2) is 29.3 Å². The molecule has 3 nitrogen and oxygen atoms in total. The van der Waals surface area contributed by atoms with Crippen molar-refractivity contribution in [1.29, 1.82) is 0 Å². The molecule has 0 atom stereocenters. The highest BCUT2D eigenvalue weighted by atomic mass is 16.1. The third-order valence-corrected chi connectivity index (χ3v) is 1.87. The molecule has 0 aliphatic carbocycles. The number of rotatable bonds is 0. The van der Waals surface area contributed by atoms with Crippen molar-refractivity contribution in [3.8, 4) is 0 Å². The molecule has 0 fully saturated rings. The predicted molar refractivity (Wildman–Crippen MR) is 48.4 cm³/mol. The van der Waals surface area contributed by atoms with Crippen molar-refractivity contribution in [2.45, 2.75) is 0 Å². The zero-order valence-electron chi connectivity index (χ0n) is 6.65. The molecule has 1 aromatic carbocycles. The molecule has 13 heavy (non-hydrogen) atoms. The number of amides is 1. The number of hydrogen-bond donors (Lipinski definition) is 0. The highest BCUT2D eigenvalue weighted by molar-refractivity contribution is 6.28. The van der Waals surface area contributed by atoms with Gasteiger partial charge in [0.15, 0.2) is 0 Å². The van der Waals surface area contributed by atoms with Gasteiger partial charge in [-0.2, -0.15) is 0 Å². The molecule has 0 saturated carbocycles. The van der Waals surface area contributed by atoms with Crippen LogP contribution in [0.1, 0.15) is 15.9 Å². The molecule has 2 rings (SSSR count). The summed E-state index contributed by atoms with van der Waals surface area (Å²) in [4.78, 5) is 25.2. The third kappa shape index (κ3) is 1.11. The van der Waals surface area contributed by atoms with Crippen LogP contribution in [0.5, 0.6) is 0 Å². The van der Waals surface area contributed by atoms with E-state index in [0.29, 0.717) is 16.7 Å². The molecule has 0 unspecified atom stereocenters. The van der Waals surface area contributed by atoms with Gasteiger partial charge in [0.25, 0.3) is 5.91 Å². The summed E-state index contributed by atoms with van der Waals surface area (Å²) in [6.45, 7) is 0. The quantitative estimate of drug-likeness (QED) is 0.549. The summed E-state index contributed by atoms with van der Waals surface area (Å²) in [5.74, 6) is 1.44. The molecule has 0 saturated heterocycles. The number of allylic oxidation sites excluding steroid dienone is 1. The number of aliphatic imine (C=N–C) groups is 1. The van der Waals surface area contributed by atoms with Crippen molar-refractivity contribution in [2.24, 2.45) is 4.99 Å². The van der Waals surface area contributed by atoms with Gasteiger partial charge in [-0.15, -0.1) is 0 Å². The zero-order valence-corrected chi connectivity index (χ0v) is 6.65. The van der Waals surface area contributed by atoms with E-state index in [9.17, 15) is 9.59 Å². The first-order valence-electron chi connectivity index (χ1n) is 3.76. The van der Waals surface area contributed by atoms with Crippen molar-refractivity contribution in [3.05, 3.63) is 35.4 Å². The second-order valence-corrected chi connectivity index (χ2v) is 2.62. The lowest BCUT2D eigenvalue weighted by atomic mass is 9.99. The van der Waals surface area contributed by atoms with Gasteiger partial charge < -0.3 is 0 Å². The molecule has 3 heteroatoms. The van der Waals surface area contributed by atoms with Gasteiger partial charge in [-0.25, -0.2) is 9.79 Å². The van der Waals surface area contributed by atoms with Crippen molar-refractivity contribution in [1.82, 2.24) is 0 Å². The van der Waals surface area contributed by atoms with Crippen LogP contribution in [0.25, 0.3) is 5.57 Å². The molecule has 0 aromatic heterocycles.